The zero-order valence-electron chi connectivity index (χ0n) is 17.2. The Kier molecular flexibility index (Phi) is 5.29. The van der Waals surface area contributed by atoms with Crippen molar-refractivity contribution in [2.24, 2.45) is 11.3 Å². The number of benzene rings is 2. The molecule has 1 fully saturated rings. The van der Waals surface area contributed by atoms with E-state index >= 15 is 0 Å². The summed E-state index contributed by atoms with van der Waals surface area (Å²) in [6.45, 7) is 4.04. The molecule has 1 saturated heterocycles. The first-order valence-corrected chi connectivity index (χ1v) is 10.2. The largest absolute Gasteiger partial charge is 0.465 e. The second kappa shape index (κ2) is 8.04. The van der Waals surface area contributed by atoms with Gasteiger partial charge in [0.25, 0.3) is 0 Å². The van der Waals surface area contributed by atoms with Crippen LogP contribution in [0.25, 0.3) is 0 Å². The molecule has 0 bridgehead atoms. The molecule has 30 heavy (non-hydrogen) atoms. The highest BCUT2D eigenvalue weighted by Gasteiger charge is 2.63. The van der Waals surface area contributed by atoms with Crippen LogP contribution in [0, 0.1) is 29.6 Å². The lowest BCUT2D eigenvalue weighted by molar-refractivity contribution is -0.153. The van der Waals surface area contributed by atoms with Crippen LogP contribution >= 0.6 is 0 Å². The molecule has 2 aromatic carbocycles. The molecule has 0 saturated carbocycles. The third-order valence-corrected chi connectivity index (χ3v) is 5.80. The fourth-order valence-corrected chi connectivity index (χ4v) is 4.45. The van der Waals surface area contributed by atoms with E-state index in [-0.39, 0.29) is 6.61 Å². The Morgan fingerprint density at radius 3 is 2.50 bits per heavy atom. The van der Waals surface area contributed by atoms with E-state index in [1.54, 1.807) is 6.92 Å². The van der Waals surface area contributed by atoms with Gasteiger partial charge in [-0.15, -0.1) is 0 Å². The van der Waals surface area contributed by atoms with E-state index in [1.165, 1.54) is 0 Å². The Morgan fingerprint density at radius 1 is 1.10 bits per heavy atom. The van der Waals surface area contributed by atoms with E-state index in [4.69, 9.17) is 4.74 Å². The van der Waals surface area contributed by atoms with Crippen LogP contribution < -0.4 is 4.90 Å². The van der Waals surface area contributed by atoms with Gasteiger partial charge in [0.1, 0.15) is 0 Å². The first-order chi connectivity index (χ1) is 14.6. The van der Waals surface area contributed by atoms with Crippen LogP contribution in [0.5, 0.6) is 0 Å². The van der Waals surface area contributed by atoms with Crippen molar-refractivity contribution in [1.29, 1.82) is 5.26 Å². The highest BCUT2D eigenvalue weighted by Crippen LogP contribution is 2.58. The van der Waals surface area contributed by atoms with Crippen LogP contribution in [0.4, 0.5) is 5.69 Å². The molecule has 3 atom stereocenters. The number of carbonyl (C=O) groups excluding carboxylic acids is 1. The number of nitrogens with zero attached hydrogens (tertiary/aromatic N) is 2. The predicted molar refractivity (Wildman–Crippen MR) is 117 cm³/mol. The van der Waals surface area contributed by atoms with E-state index in [2.05, 4.69) is 11.0 Å². The van der Waals surface area contributed by atoms with Gasteiger partial charge in [0.15, 0.2) is 5.41 Å². The second-order valence-corrected chi connectivity index (χ2v) is 7.56. The number of fused-ring (bicyclic) bond motifs is 1. The lowest BCUT2D eigenvalue weighted by Crippen LogP contribution is -2.41. The van der Waals surface area contributed by atoms with Gasteiger partial charge in [0.05, 0.1) is 18.7 Å². The first kappa shape index (κ1) is 19.7. The summed E-state index contributed by atoms with van der Waals surface area (Å²) < 4.78 is 5.50. The summed E-state index contributed by atoms with van der Waals surface area (Å²) in [5.74, 6) is -0.915. The van der Waals surface area contributed by atoms with E-state index in [0.29, 0.717) is 0 Å². The van der Waals surface area contributed by atoms with Gasteiger partial charge < -0.3 is 9.64 Å². The number of nitriles is 1. The minimum absolute atomic E-state index is 0.224. The number of carbonyl (C=O) groups is 1. The second-order valence-electron chi connectivity index (χ2n) is 7.56. The summed E-state index contributed by atoms with van der Waals surface area (Å²) in [5, 5.41) is 10.5. The summed E-state index contributed by atoms with van der Waals surface area (Å²) >= 11 is 0. The maximum atomic E-state index is 13.4. The molecule has 4 heteroatoms. The topological polar surface area (TPSA) is 53.3 Å². The quantitative estimate of drug-likeness (QED) is 0.662. The molecule has 4 rings (SSSR count). The van der Waals surface area contributed by atoms with E-state index in [1.807, 2.05) is 91.9 Å². The van der Waals surface area contributed by atoms with Gasteiger partial charge in [-0.2, -0.15) is 5.26 Å². The number of hydrogen-bond donors (Lipinski definition) is 0. The SMILES string of the molecule is CCOC(=O)C1(C#N)[C@@H]2C=CC=CC=C2N(c2ccc(C)cc2)[C@H]1c1ccccc1. The molecule has 2 aromatic rings. The third-order valence-electron chi connectivity index (χ3n) is 5.80. The van der Waals surface area contributed by atoms with Gasteiger partial charge >= 0.3 is 5.97 Å². The van der Waals surface area contributed by atoms with Crippen LogP contribution in [0.3, 0.4) is 0 Å². The molecule has 150 valence electrons. The Balaban J connectivity index is 2.02. The number of rotatable bonds is 4. The van der Waals surface area contributed by atoms with Gasteiger partial charge in [-0.25, -0.2) is 0 Å². The van der Waals surface area contributed by atoms with Crippen LogP contribution in [0.15, 0.2) is 90.7 Å². The minimum atomic E-state index is -1.41. The smallest absolute Gasteiger partial charge is 0.330 e. The number of allylic oxidation sites excluding steroid dienone is 5. The van der Waals surface area contributed by atoms with Gasteiger partial charge in [-0.05, 0) is 37.6 Å². The minimum Gasteiger partial charge on any atom is -0.465 e. The fraction of sp³-hybridized carbons (Fsp3) is 0.231. The Morgan fingerprint density at radius 2 is 1.83 bits per heavy atom. The monoisotopic (exact) mass is 396 g/mol. The normalized spacial score (nSPS) is 24.6. The molecule has 1 aliphatic heterocycles. The van der Waals surface area contributed by atoms with Gasteiger partial charge in [-0.1, -0.05) is 72.3 Å². The number of aryl methyl sites for hydroxylation is 1. The Bertz CT molecular complexity index is 1060. The van der Waals surface area contributed by atoms with Crippen LogP contribution in [0.1, 0.15) is 24.1 Å². The van der Waals surface area contributed by atoms with Crippen molar-refractivity contribution in [3.63, 3.8) is 0 Å². The lowest BCUT2D eigenvalue weighted by atomic mass is 9.71. The number of hydrogen-bond acceptors (Lipinski definition) is 4. The zero-order chi connectivity index (χ0) is 21.1. The maximum absolute atomic E-state index is 13.4. The van der Waals surface area contributed by atoms with Crippen molar-refractivity contribution in [2.45, 2.75) is 19.9 Å². The zero-order valence-corrected chi connectivity index (χ0v) is 17.2. The predicted octanol–water partition coefficient (Wildman–Crippen LogP) is 5.26. The number of esters is 1. The highest BCUT2D eigenvalue weighted by atomic mass is 16.5. The molecule has 0 N–H and O–H groups in total. The van der Waals surface area contributed by atoms with Gasteiger partial charge in [0, 0.05) is 17.3 Å². The molecular formula is C26H24N2O2. The number of ether oxygens (including phenoxy) is 1. The van der Waals surface area contributed by atoms with Crippen molar-refractivity contribution in [2.75, 3.05) is 11.5 Å². The summed E-state index contributed by atoms with van der Waals surface area (Å²) in [4.78, 5) is 15.6. The summed E-state index contributed by atoms with van der Waals surface area (Å²) in [7, 11) is 0. The highest BCUT2D eigenvalue weighted by molar-refractivity contribution is 5.87. The molecule has 1 unspecified atom stereocenters. The molecule has 1 aliphatic carbocycles. The van der Waals surface area contributed by atoms with Gasteiger partial charge in [0.2, 0.25) is 0 Å². The molecule has 2 aliphatic rings. The van der Waals surface area contributed by atoms with Crippen molar-refractivity contribution >= 4 is 11.7 Å². The fourth-order valence-electron chi connectivity index (χ4n) is 4.45. The van der Waals surface area contributed by atoms with E-state index in [0.717, 1.165) is 22.5 Å². The van der Waals surface area contributed by atoms with Crippen LogP contribution in [-0.2, 0) is 9.53 Å². The molecule has 0 spiro atoms. The van der Waals surface area contributed by atoms with Gasteiger partial charge in [-0.3, -0.25) is 4.79 Å². The van der Waals surface area contributed by atoms with Crippen molar-refractivity contribution < 1.29 is 9.53 Å². The third kappa shape index (κ3) is 3.04. The first-order valence-electron chi connectivity index (χ1n) is 10.2. The number of anilines is 1. The van der Waals surface area contributed by atoms with Crippen molar-refractivity contribution in [3.8, 4) is 6.07 Å². The molecule has 0 amide bonds. The molecule has 4 nitrogen and oxygen atoms in total. The Hall–Kier alpha value is -3.58. The van der Waals surface area contributed by atoms with Crippen LogP contribution in [-0.4, -0.2) is 12.6 Å². The molecular weight excluding hydrogens is 372 g/mol. The molecule has 0 radical (unpaired) electrons. The summed E-state index contributed by atoms with van der Waals surface area (Å²) in [6, 6.07) is 19.8. The van der Waals surface area contributed by atoms with E-state index < -0.39 is 23.3 Å². The summed E-state index contributed by atoms with van der Waals surface area (Å²) in [5.41, 5.74) is 2.50. The average Bonchev–Trinajstić information content (AvgIpc) is 2.88. The van der Waals surface area contributed by atoms with Crippen molar-refractivity contribution in [3.05, 3.63) is 102 Å². The maximum Gasteiger partial charge on any atom is 0.330 e. The lowest BCUT2D eigenvalue weighted by Gasteiger charge is -2.33. The van der Waals surface area contributed by atoms with Crippen LogP contribution in [0.2, 0.25) is 0 Å². The van der Waals surface area contributed by atoms with Crippen molar-refractivity contribution in [1.82, 2.24) is 0 Å². The Labute approximate surface area is 177 Å². The molecule has 1 heterocycles. The standard InChI is InChI=1S/C26H24N2O2/c1-3-30-25(29)26(18-27)22-12-8-5-9-13-23(22)28(21-16-14-19(2)15-17-21)24(26)20-10-6-4-7-11-20/h4-17,22,24H,3H2,1-2H3/t22-,24+,26?/m1/s1. The summed E-state index contributed by atoms with van der Waals surface area (Å²) in [6.07, 6.45) is 9.72. The average molecular weight is 396 g/mol. The molecule has 0 aromatic heterocycles. The van der Waals surface area contributed by atoms with E-state index in [9.17, 15) is 10.1 Å².